The maximum absolute atomic E-state index is 11.7. The summed E-state index contributed by atoms with van der Waals surface area (Å²) in [6.45, 7) is 0. The first-order chi connectivity index (χ1) is 12.9. The van der Waals surface area contributed by atoms with Crippen molar-refractivity contribution in [2.45, 2.75) is 0 Å². The van der Waals surface area contributed by atoms with Crippen LogP contribution in [0, 0.1) is 0 Å². The molecule has 0 aliphatic carbocycles. The van der Waals surface area contributed by atoms with E-state index in [-0.39, 0.29) is 5.75 Å². The number of phenolic OH excluding ortho intramolecular Hbond substituents is 1. The SMILES string of the molecule is CS(=O)(=O)Nc1cccc2c(O)ccc(/N=N/c3snc4nccnc34)c12. The van der Waals surface area contributed by atoms with Gasteiger partial charge < -0.3 is 5.11 Å². The molecule has 2 aromatic carbocycles. The van der Waals surface area contributed by atoms with Gasteiger partial charge in [-0.25, -0.2) is 18.4 Å². The van der Waals surface area contributed by atoms with Gasteiger partial charge in [-0.3, -0.25) is 4.72 Å². The van der Waals surface area contributed by atoms with Gasteiger partial charge in [-0.15, -0.1) is 10.2 Å². The number of nitrogens with one attached hydrogen (secondary N) is 1. The lowest BCUT2D eigenvalue weighted by molar-refractivity contribution is 0.481. The lowest BCUT2D eigenvalue weighted by atomic mass is 10.1. The number of sulfonamides is 1. The molecule has 0 bridgehead atoms. The highest BCUT2D eigenvalue weighted by atomic mass is 32.2. The summed E-state index contributed by atoms with van der Waals surface area (Å²) in [6, 6.07) is 7.94. The third-order valence-electron chi connectivity index (χ3n) is 3.64. The van der Waals surface area contributed by atoms with Crippen LogP contribution in [0.2, 0.25) is 0 Å². The van der Waals surface area contributed by atoms with Gasteiger partial charge in [0.25, 0.3) is 0 Å². The van der Waals surface area contributed by atoms with Gasteiger partial charge >= 0.3 is 0 Å². The summed E-state index contributed by atoms with van der Waals surface area (Å²) in [4.78, 5) is 8.29. The van der Waals surface area contributed by atoms with Crippen molar-refractivity contribution in [3.05, 3.63) is 42.7 Å². The zero-order chi connectivity index (χ0) is 19.0. The van der Waals surface area contributed by atoms with E-state index >= 15 is 0 Å². The zero-order valence-electron chi connectivity index (χ0n) is 13.9. The Kier molecular flexibility index (Phi) is 4.16. The Hall–Kier alpha value is -3.18. The molecule has 0 unspecified atom stereocenters. The predicted octanol–water partition coefficient (Wildman–Crippen LogP) is 3.73. The number of hydrogen-bond donors (Lipinski definition) is 2. The number of anilines is 1. The molecule has 4 rings (SSSR count). The van der Waals surface area contributed by atoms with Gasteiger partial charge in [0.05, 0.1) is 17.6 Å². The van der Waals surface area contributed by atoms with Gasteiger partial charge in [0, 0.05) is 23.2 Å². The first-order valence-corrected chi connectivity index (χ1v) is 10.3. The monoisotopic (exact) mass is 400 g/mol. The van der Waals surface area contributed by atoms with Gasteiger partial charge in [0.2, 0.25) is 10.0 Å². The Labute approximate surface area is 157 Å². The van der Waals surface area contributed by atoms with Crippen LogP contribution in [0.25, 0.3) is 21.9 Å². The molecule has 0 fully saturated rings. The Morgan fingerprint density at radius 1 is 1.11 bits per heavy atom. The van der Waals surface area contributed by atoms with E-state index in [0.29, 0.717) is 38.3 Å². The fourth-order valence-corrected chi connectivity index (χ4v) is 3.77. The fraction of sp³-hybridized carbons (Fsp3) is 0.0625. The molecule has 136 valence electrons. The second-order valence-corrected chi connectivity index (χ2v) is 8.12. The number of fused-ring (bicyclic) bond motifs is 2. The highest BCUT2D eigenvalue weighted by molar-refractivity contribution is 7.92. The zero-order valence-corrected chi connectivity index (χ0v) is 15.5. The Morgan fingerprint density at radius 3 is 2.74 bits per heavy atom. The smallest absolute Gasteiger partial charge is 0.229 e. The minimum absolute atomic E-state index is 0.00945. The van der Waals surface area contributed by atoms with Crippen molar-refractivity contribution < 1.29 is 13.5 Å². The predicted molar refractivity (Wildman–Crippen MR) is 103 cm³/mol. The van der Waals surface area contributed by atoms with Crippen molar-refractivity contribution in [2.75, 3.05) is 11.0 Å². The molecule has 9 nitrogen and oxygen atoms in total. The van der Waals surface area contributed by atoms with Crippen LogP contribution >= 0.6 is 11.5 Å². The second kappa shape index (κ2) is 6.52. The number of aromatic nitrogens is 3. The van der Waals surface area contributed by atoms with Crippen molar-refractivity contribution in [3.63, 3.8) is 0 Å². The van der Waals surface area contributed by atoms with Crippen LogP contribution in [0.4, 0.5) is 16.4 Å². The van der Waals surface area contributed by atoms with Crippen LogP contribution in [-0.2, 0) is 10.0 Å². The van der Waals surface area contributed by atoms with E-state index in [0.717, 1.165) is 17.8 Å². The molecule has 2 N–H and O–H groups in total. The molecule has 0 atom stereocenters. The van der Waals surface area contributed by atoms with Crippen LogP contribution in [0.3, 0.4) is 0 Å². The van der Waals surface area contributed by atoms with E-state index in [1.54, 1.807) is 36.7 Å². The Morgan fingerprint density at radius 2 is 1.93 bits per heavy atom. The third kappa shape index (κ3) is 3.41. The van der Waals surface area contributed by atoms with Crippen LogP contribution in [0.1, 0.15) is 0 Å². The van der Waals surface area contributed by atoms with E-state index in [1.165, 1.54) is 6.07 Å². The van der Waals surface area contributed by atoms with Crippen LogP contribution in [-0.4, -0.2) is 34.1 Å². The molecule has 4 aromatic rings. The third-order valence-corrected chi connectivity index (χ3v) is 4.94. The largest absolute Gasteiger partial charge is 0.507 e. The lowest BCUT2D eigenvalue weighted by Gasteiger charge is -2.10. The second-order valence-electron chi connectivity index (χ2n) is 5.62. The molecule has 0 saturated heterocycles. The summed E-state index contributed by atoms with van der Waals surface area (Å²) < 4.78 is 30.0. The maximum atomic E-state index is 11.7. The lowest BCUT2D eigenvalue weighted by Crippen LogP contribution is -2.09. The Balaban J connectivity index is 1.87. The van der Waals surface area contributed by atoms with Crippen molar-refractivity contribution in [3.8, 4) is 5.75 Å². The first kappa shape index (κ1) is 17.2. The quantitative estimate of drug-likeness (QED) is 0.502. The molecule has 0 saturated carbocycles. The van der Waals surface area contributed by atoms with Crippen LogP contribution < -0.4 is 4.72 Å². The van der Waals surface area contributed by atoms with E-state index < -0.39 is 10.0 Å². The van der Waals surface area contributed by atoms with Crippen molar-refractivity contribution in [1.29, 1.82) is 0 Å². The van der Waals surface area contributed by atoms with E-state index in [4.69, 9.17) is 0 Å². The molecule has 0 amide bonds. The summed E-state index contributed by atoms with van der Waals surface area (Å²) in [5, 5.41) is 19.9. The van der Waals surface area contributed by atoms with Crippen LogP contribution in [0.15, 0.2) is 53.0 Å². The molecule has 27 heavy (non-hydrogen) atoms. The summed E-state index contributed by atoms with van der Waals surface area (Å²) in [6.07, 6.45) is 4.14. The van der Waals surface area contributed by atoms with Crippen molar-refractivity contribution in [1.82, 2.24) is 14.3 Å². The molecular weight excluding hydrogens is 388 g/mol. The van der Waals surface area contributed by atoms with E-state index in [1.807, 2.05) is 0 Å². The number of benzene rings is 2. The highest BCUT2D eigenvalue weighted by Crippen LogP contribution is 2.39. The number of aromatic hydroxyl groups is 1. The molecule has 11 heteroatoms. The van der Waals surface area contributed by atoms with E-state index in [9.17, 15) is 13.5 Å². The first-order valence-electron chi connectivity index (χ1n) is 7.63. The topological polar surface area (TPSA) is 130 Å². The minimum Gasteiger partial charge on any atom is -0.507 e. The summed E-state index contributed by atoms with van der Waals surface area (Å²) in [5.74, 6) is 0.00945. The molecule has 0 aliphatic heterocycles. The maximum Gasteiger partial charge on any atom is 0.229 e. The molecule has 0 spiro atoms. The summed E-state index contributed by atoms with van der Waals surface area (Å²) in [7, 11) is -3.52. The number of hydrogen-bond acceptors (Lipinski definition) is 9. The summed E-state index contributed by atoms with van der Waals surface area (Å²) in [5.41, 5.74) is 1.70. The Bertz CT molecular complexity index is 1300. The van der Waals surface area contributed by atoms with Gasteiger partial charge in [-0.2, -0.15) is 4.37 Å². The van der Waals surface area contributed by atoms with Crippen molar-refractivity contribution >= 4 is 59.9 Å². The van der Waals surface area contributed by atoms with Gasteiger partial charge in [-0.05, 0) is 29.7 Å². The van der Waals surface area contributed by atoms with E-state index in [2.05, 4.69) is 29.3 Å². The fourth-order valence-electron chi connectivity index (χ4n) is 2.58. The number of azo groups is 1. The molecule has 2 heterocycles. The average Bonchev–Trinajstić information content (AvgIpc) is 3.04. The normalized spacial score (nSPS) is 12.2. The van der Waals surface area contributed by atoms with Gasteiger partial charge in [0.15, 0.2) is 10.6 Å². The number of nitrogens with zero attached hydrogens (tertiary/aromatic N) is 5. The van der Waals surface area contributed by atoms with Gasteiger partial charge in [-0.1, -0.05) is 12.1 Å². The molecule has 0 aliphatic rings. The standard InChI is InChI=1S/C16H12N6O3S2/c1-27(24,25)22-11-4-2-3-9-12(23)6-5-10(13(9)11)19-20-16-14-15(21-26-16)18-8-7-17-14/h2-8,22-23H,1H3/b20-19+. The van der Waals surface area contributed by atoms with Crippen LogP contribution in [0.5, 0.6) is 5.75 Å². The molecular formula is C16H12N6O3S2. The van der Waals surface area contributed by atoms with Crippen molar-refractivity contribution in [2.24, 2.45) is 10.2 Å². The summed E-state index contributed by atoms with van der Waals surface area (Å²) >= 11 is 1.11. The average molecular weight is 400 g/mol. The minimum atomic E-state index is -3.52. The molecule has 0 radical (unpaired) electrons. The highest BCUT2D eigenvalue weighted by Gasteiger charge is 2.13. The number of phenols is 1. The van der Waals surface area contributed by atoms with Gasteiger partial charge in [0.1, 0.15) is 11.3 Å². The number of rotatable bonds is 4. The molecule has 2 aromatic heterocycles.